The number of hydrogen-bond acceptors (Lipinski definition) is 3. The number of nitrogens with one attached hydrogen (secondary N) is 1. The molecule has 0 aliphatic carbocycles. The molecule has 1 aromatic heterocycles. The van der Waals surface area contributed by atoms with Gasteiger partial charge in [-0.2, -0.15) is 0 Å². The quantitative estimate of drug-likeness (QED) is 0.899. The van der Waals surface area contributed by atoms with Gasteiger partial charge in [0.25, 0.3) is 5.56 Å². The Labute approximate surface area is 107 Å². The van der Waals surface area contributed by atoms with Crippen molar-refractivity contribution in [3.8, 4) is 0 Å². The number of H-pyrrole nitrogens is 1. The standard InChI is InChI=1S/C14H19N3O/c1-4-17(5-2)10(3)13-15-12-9-7-6-8-11(12)14(18)16-13/h6-10H,4-5H2,1-3H3,(H,15,16,18). The molecule has 4 nitrogen and oxygen atoms in total. The van der Waals surface area contributed by atoms with Crippen LogP contribution >= 0.6 is 0 Å². The normalized spacial score (nSPS) is 13.1. The largest absolute Gasteiger partial charge is 0.309 e. The van der Waals surface area contributed by atoms with Crippen LogP contribution in [0.2, 0.25) is 0 Å². The molecule has 0 aliphatic heterocycles. The highest BCUT2D eigenvalue weighted by Gasteiger charge is 2.15. The Hall–Kier alpha value is -1.68. The second-order valence-electron chi connectivity index (χ2n) is 4.37. The van der Waals surface area contributed by atoms with Gasteiger partial charge in [-0.15, -0.1) is 0 Å². The summed E-state index contributed by atoms with van der Waals surface area (Å²) in [6.07, 6.45) is 0. The Morgan fingerprint density at radius 2 is 1.94 bits per heavy atom. The van der Waals surface area contributed by atoms with E-state index in [9.17, 15) is 4.79 Å². The zero-order valence-electron chi connectivity index (χ0n) is 11.1. The molecule has 2 aromatic rings. The lowest BCUT2D eigenvalue weighted by atomic mass is 10.2. The molecule has 1 aromatic carbocycles. The van der Waals surface area contributed by atoms with Crippen molar-refractivity contribution in [1.29, 1.82) is 0 Å². The molecule has 4 heteroatoms. The van der Waals surface area contributed by atoms with E-state index in [-0.39, 0.29) is 11.6 Å². The number of para-hydroxylation sites is 1. The first-order chi connectivity index (χ1) is 8.67. The van der Waals surface area contributed by atoms with Gasteiger partial charge >= 0.3 is 0 Å². The summed E-state index contributed by atoms with van der Waals surface area (Å²) in [7, 11) is 0. The zero-order chi connectivity index (χ0) is 13.1. The molecule has 0 amide bonds. The number of rotatable bonds is 4. The third-order valence-corrected chi connectivity index (χ3v) is 3.39. The van der Waals surface area contributed by atoms with E-state index in [0.29, 0.717) is 5.39 Å². The average molecular weight is 245 g/mol. The molecule has 1 heterocycles. The van der Waals surface area contributed by atoms with Crippen LogP contribution in [0, 0.1) is 0 Å². The summed E-state index contributed by atoms with van der Waals surface area (Å²) in [4.78, 5) is 21.7. The van der Waals surface area contributed by atoms with Gasteiger partial charge in [0, 0.05) is 0 Å². The monoisotopic (exact) mass is 245 g/mol. The maximum Gasteiger partial charge on any atom is 0.258 e. The first-order valence-corrected chi connectivity index (χ1v) is 6.40. The van der Waals surface area contributed by atoms with Crippen molar-refractivity contribution in [2.24, 2.45) is 0 Å². The molecule has 0 radical (unpaired) electrons. The first kappa shape index (κ1) is 12.8. The lowest BCUT2D eigenvalue weighted by Gasteiger charge is -2.25. The minimum atomic E-state index is -0.0605. The first-order valence-electron chi connectivity index (χ1n) is 6.40. The van der Waals surface area contributed by atoms with Crippen LogP contribution in [0.1, 0.15) is 32.6 Å². The van der Waals surface area contributed by atoms with Crippen LogP contribution in [0.15, 0.2) is 29.1 Å². The van der Waals surface area contributed by atoms with Gasteiger partial charge in [0.15, 0.2) is 0 Å². The highest BCUT2D eigenvalue weighted by atomic mass is 16.1. The third kappa shape index (κ3) is 2.29. The predicted octanol–water partition coefficient (Wildman–Crippen LogP) is 2.33. The van der Waals surface area contributed by atoms with Crippen LogP contribution in [0.25, 0.3) is 10.9 Å². The van der Waals surface area contributed by atoms with E-state index in [4.69, 9.17) is 0 Å². The summed E-state index contributed by atoms with van der Waals surface area (Å²) >= 11 is 0. The number of aromatic amines is 1. The lowest BCUT2D eigenvalue weighted by Crippen LogP contribution is -2.29. The van der Waals surface area contributed by atoms with Crippen molar-refractivity contribution in [1.82, 2.24) is 14.9 Å². The smallest absolute Gasteiger partial charge is 0.258 e. The van der Waals surface area contributed by atoms with Crippen molar-refractivity contribution in [3.05, 3.63) is 40.4 Å². The van der Waals surface area contributed by atoms with Crippen molar-refractivity contribution in [2.75, 3.05) is 13.1 Å². The Morgan fingerprint density at radius 1 is 1.28 bits per heavy atom. The number of nitrogens with zero attached hydrogens (tertiary/aromatic N) is 2. The fourth-order valence-electron chi connectivity index (χ4n) is 2.25. The van der Waals surface area contributed by atoms with Crippen molar-refractivity contribution < 1.29 is 0 Å². The molecule has 0 spiro atoms. The Kier molecular flexibility index (Phi) is 3.77. The number of benzene rings is 1. The molecule has 1 N–H and O–H groups in total. The second kappa shape index (κ2) is 5.31. The van der Waals surface area contributed by atoms with Gasteiger partial charge in [-0.3, -0.25) is 9.69 Å². The lowest BCUT2D eigenvalue weighted by molar-refractivity contribution is 0.226. The molecule has 1 unspecified atom stereocenters. The topological polar surface area (TPSA) is 49.0 Å². The van der Waals surface area contributed by atoms with Crippen LogP contribution in [-0.4, -0.2) is 28.0 Å². The van der Waals surface area contributed by atoms with Gasteiger partial charge in [0.05, 0.1) is 16.9 Å². The third-order valence-electron chi connectivity index (χ3n) is 3.39. The van der Waals surface area contributed by atoms with Crippen molar-refractivity contribution >= 4 is 10.9 Å². The van der Waals surface area contributed by atoms with E-state index in [1.807, 2.05) is 18.2 Å². The Balaban J connectivity index is 2.49. The van der Waals surface area contributed by atoms with Crippen molar-refractivity contribution in [2.45, 2.75) is 26.8 Å². The molecule has 0 saturated carbocycles. The average Bonchev–Trinajstić information content (AvgIpc) is 2.40. The molecule has 1 atom stereocenters. The fourth-order valence-corrected chi connectivity index (χ4v) is 2.25. The van der Waals surface area contributed by atoms with Gasteiger partial charge in [-0.05, 0) is 32.1 Å². The summed E-state index contributed by atoms with van der Waals surface area (Å²) in [5.41, 5.74) is 0.699. The predicted molar refractivity (Wildman–Crippen MR) is 73.7 cm³/mol. The Morgan fingerprint density at radius 3 is 2.61 bits per heavy atom. The van der Waals surface area contributed by atoms with Gasteiger partial charge in [-0.25, -0.2) is 4.98 Å². The number of hydrogen-bond donors (Lipinski definition) is 1. The van der Waals surface area contributed by atoms with Gasteiger partial charge in [0.2, 0.25) is 0 Å². The maximum absolute atomic E-state index is 12.0. The maximum atomic E-state index is 12.0. The molecule has 0 saturated heterocycles. The molecule has 18 heavy (non-hydrogen) atoms. The van der Waals surface area contributed by atoms with Gasteiger partial charge in [0.1, 0.15) is 5.82 Å². The van der Waals surface area contributed by atoms with Crippen LogP contribution in [-0.2, 0) is 0 Å². The van der Waals surface area contributed by atoms with Gasteiger partial charge in [-0.1, -0.05) is 26.0 Å². The van der Waals surface area contributed by atoms with Crippen molar-refractivity contribution in [3.63, 3.8) is 0 Å². The molecular weight excluding hydrogens is 226 g/mol. The van der Waals surface area contributed by atoms with E-state index in [1.165, 1.54) is 0 Å². The van der Waals surface area contributed by atoms with E-state index in [2.05, 4.69) is 35.6 Å². The van der Waals surface area contributed by atoms with Crippen LogP contribution in [0.5, 0.6) is 0 Å². The molecule has 96 valence electrons. The summed E-state index contributed by atoms with van der Waals surface area (Å²) in [6.45, 7) is 8.17. The van der Waals surface area contributed by atoms with Crippen LogP contribution < -0.4 is 5.56 Å². The van der Waals surface area contributed by atoms with E-state index >= 15 is 0 Å². The number of aromatic nitrogens is 2. The molecule has 2 rings (SSSR count). The summed E-state index contributed by atoms with van der Waals surface area (Å²) in [5.74, 6) is 0.738. The van der Waals surface area contributed by atoms with Crippen LogP contribution in [0.4, 0.5) is 0 Å². The summed E-state index contributed by atoms with van der Waals surface area (Å²) < 4.78 is 0. The van der Waals surface area contributed by atoms with E-state index < -0.39 is 0 Å². The highest BCUT2D eigenvalue weighted by molar-refractivity contribution is 5.77. The Bertz CT molecular complexity index is 587. The second-order valence-corrected chi connectivity index (χ2v) is 4.37. The molecule has 0 aliphatic rings. The van der Waals surface area contributed by atoms with Crippen LogP contribution in [0.3, 0.4) is 0 Å². The summed E-state index contributed by atoms with van der Waals surface area (Å²) in [6, 6.07) is 7.56. The zero-order valence-corrected chi connectivity index (χ0v) is 11.1. The van der Waals surface area contributed by atoms with E-state index in [0.717, 1.165) is 24.4 Å². The minimum absolute atomic E-state index is 0.0605. The molecule has 0 fully saturated rings. The van der Waals surface area contributed by atoms with Gasteiger partial charge < -0.3 is 4.98 Å². The van der Waals surface area contributed by atoms with E-state index in [1.54, 1.807) is 6.07 Å². The fraction of sp³-hybridized carbons (Fsp3) is 0.429. The SMILES string of the molecule is CCN(CC)C(C)c1nc2ccccc2c(=O)[nH]1. The number of fused-ring (bicyclic) bond motifs is 1. The molecular formula is C14H19N3O. The summed E-state index contributed by atoms with van der Waals surface area (Å²) in [5, 5.41) is 0.646. The highest BCUT2D eigenvalue weighted by Crippen LogP contribution is 2.16. The minimum Gasteiger partial charge on any atom is -0.309 e. The molecule has 0 bridgehead atoms.